The van der Waals surface area contributed by atoms with E-state index in [1.165, 1.54) is 6.07 Å². The van der Waals surface area contributed by atoms with Crippen molar-refractivity contribution in [1.82, 2.24) is 0 Å². The highest BCUT2D eigenvalue weighted by molar-refractivity contribution is 6.01. The molecule has 2 amide bonds. The van der Waals surface area contributed by atoms with Gasteiger partial charge in [-0.05, 0) is 35.4 Å². The SMILES string of the molecule is NC1=NC=C(c2cccc(NC(=O)Nc3c(F)cc(C(F)(F)F)cc3F)c2)C1. The fourth-order valence-electron chi connectivity index (χ4n) is 2.55. The molecule has 28 heavy (non-hydrogen) atoms. The Balaban J connectivity index is 1.73. The van der Waals surface area contributed by atoms with E-state index in [-0.39, 0.29) is 12.1 Å². The quantitative estimate of drug-likeness (QED) is 0.656. The molecule has 146 valence electrons. The van der Waals surface area contributed by atoms with Crippen molar-refractivity contribution in [2.24, 2.45) is 10.7 Å². The Labute approximate surface area is 155 Å². The van der Waals surface area contributed by atoms with Gasteiger partial charge in [0, 0.05) is 18.3 Å². The Kier molecular flexibility index (Phi) is 5.04. The predicted octanol–water partition coefficient (Wildman–Crippen LogP) is 4.73. The number of benzene rings is 2. The van der Waals surface area contributed by atoms with Crippen LogP contribution in [0, 0.1) is 11.6 Å². The maximum absolute atomic E-state index is 13.8. The van der Waals surface area contributed by atoms with Gasteiger partial charge in [0.2, 0.25) is 0 Å². The van der Waals surface area contributed by atoms with Crippen LogP contribution in [0.3, 0.4) is 0 Å². The summed E-state index contributed by atoms with van der Waals surface area (Å²) < 4.78 is 65.4. The number of halogens is 5. The lowest BCUT2D eigenvalue weighted by Gasteiger charge is -2.13. The molecule has 0 fully saturated rings. The second kappa shape index (κ2) is 7.29. The molecule has 4 N–H and O–H groups in total. The summed E-state index contributed by atoms with van der Waals surface area (Å²) in [6, 6.07) is 5.72. The van der Waals surface area contributed by atoms with Gasteiger partial charge in [-0.25, -0.2) is 18.6 Å². The van der Waals surface area contributed by atoms with Gasteiger partial charge < -0.3 is 16.4 Å². The first-order valence-corrected chi connectivity index (χ1v) is 7.89. The van der Waals surface area contributed by atoms with Crippen LogP contribution in [-0.4, -0.2) is 11.9 Å². The first-order chi connectivity index (χ1) is 13.1. The predicted molar refractivity (Wildman–Crippen MR) is 94.7 cm³/mol. The standard InChI is InChI=1S/C18H13F5N4O/c19-13-6-11(18(21,22)23)7-14(20)16(13)27-17(28)26-12-3-1-2-9(4-12)10-5-15(24)25-8-10/h1-4,6-8H,5H2,(H2,24,25)(H2,26,27,28). The number of nitrogens with one attached hydrogen (secondary N) is 2. The second-order valence-corrected chi connectivity index (χ2v) is 5.92. The van der Waals surface area contributed by atoms with E-state index < -0.39 is 35.1 Å². The largest absolute Gasteiger partial charge is 0.416 e. The number of anilines is 2. The number of nitrogens with zero attached hydrogens (tertiary/aromatic N) is 1. The second-order valence-electron chi connectivity index (χ2n) is 5.92. The molecule has 1 heterocycles. The summed E-state index contributed by atoms with van der Waals surface area (Å²) in [5.41, 5.74) is 4.98. The lowest BCUT2D eigenvalue weighted by Crippen LogP contribution is -2.21. The van der Waals surface area contributed by atoms with Crippen molar-refractivity contribution in [3.63, 3.8) is 0 Å². The number of amidine groups is 1. The molecule has 5 nitrogen and oxygen atoms in total. The number of hydrogen-bond acceptors (Lipinski definition) is 3. The van der Waals surface area contributed by atoms with Gasteiger partial charge in [0.1, 0.15) is 23.2 Å². The third-order valence-electron chi connectivity index (χ3n) is 3.86. The number of amides is 2. The number of carbonyl (C=O) groups is 1. The van der Waals surface area contributed by atoms with E-state index in [4.69, 9.17) is 5.73 Å². The number of urea groups is 1. The van der Waals surface area contributed by atoms with Crippen LogP contribution >= 0.6 is 0 Å². The van der Waals surface area contributed by atoms with Crippen LogP contribution in [0.2, 0.25) is 0 Å². The highest BCUT2D eigenvalue weighted by Crippen LogP contribution is 2.33. The molecule has 3 rings (SSSR count). The summed E-state index contributed by atoms with van der Waals surface area (Å²) in [5.74, 6) is -2.64. The van der Waals surface area contributed by atoms with Gasteiger partial charge in [0.05, 0.1) is 5.56 Å². The Morgan fingerprint density at radius 3 is 2.32 bits per heavy atom. The molecule has 0 radical (unpaired) electrons. The molecule has 0 spiro atoms. The van der Waals surface area contributed by atoms with E-state index >= 15 is 0 Å². The monoisotopic (exact) mass is 396 g/mol. The Morgan fingerprint density at radius 1 is 1.07 bits per heavy atom. The molecule has 0 atom stereocenters. The van der Waals surface area contributed by atoms with E-state index in [9.17, 15) is 26.7 Å². The summed E-state index contributed by atoms with van der Waals surface area (Å²) in [6.45, 7) is 0. The summed E-state index contributed by atoms with van der Waals surface area (Å²) in [5, 5.41) is 4.24. The lowest BCUT2D eigenvalue weighted by molar-refractivity contribution is -0.137. The molecule has 0 bridgehead atoms. The zero-order chi connectivity index (χ0) is 20.5. The lowest BCUT2D eigenvalue weighted by atomic mass is 10.0. The van der Waals surface area contributed by atoms with Crippen molar-refractivity contribution in [1.29, 1.82) is 0 Å². The fourth-order valence-corrected chi connectivity index (χ4v) is 2.55. The molecule has 2 aromatic carbocycles. The number of alkyl halides is 3. The highest BCUT2D eigenvalue weighted by Gasteiger charge is 2.33. The first kappa shape index (κ1) is 19.3. The number of aliphatic imine (C=N–C) groups is 1. The number of hydrogen-bond donors (Lipinski definition) is 3. The zero-order valence-corrected chi connectivity index (χ0v) is 14.1. The van der Waals surface area contributed by atoms with Crippen molar-refractivity contribution in [2.45, 2.75) is 12.6 Å². The van der Waals surface area contributed by atoms with Crippen molar-refractivity contribution in [2.75, 3.05) is 10.6 Å². The summed E-state index contributed by atoms with van der Waals surface area (Å²) >= 11 is 0. The van der Waals surface area contributed by atoms with Crippen LogP contribution < -0.4 is 16.4 Å². The average Bonchev–Trinajstić information content (AvgIpc) is 3.04. The Bertz CT molecular complexity index is 975. The normalized spacial score (nSPS) is 13.8. The average molecular weight is 396 g/mol. The van der Waals surface area contributed by atoms with Crippen molar-refractivity contribution < 1.29 is 26.7 Å². The maximum atomic E-state index is 13.8. The van der Waals surface area contributed by atoms with Gasteiger partial charge in [0.15, 0.2) is 0 Å². The Hall–Kier alpha value is -3.43. The number of rotatable bonds is 3. The van der Waals surface area contributed by atoms with Gasteiger partial charge >= 0.3 is 12.2 Å². The molecule has 0 aliphatic carbocycles. The molecular formula is C18H13F5N4O. The molecule has 0 unspecified atom stereocenters. The topological polar surface area (TPSA) is 79.5 Å². The summed E-state index contributed by atoms with van der Waals surface area (Å²) in [4.78, 5) is 16.0. The zero-order valence-electron chi connectivity index (χ0n) is 14.1. The molecular weight excluding hydrogens is 383 g/mol. The smallest absolute Gasteiger partial charge is 0.387 e. The van der Waals surface area contributed by atoms with E-state index in [0.29, 0.717) is 17.9 Å². The summed E-state index contributed by atoms with van der Waals surface area (Å²) in [7, 11) is 0. The van der Waals surface area contributed by atoms with Crippen LogP contribution in [0.4, 0.5) is 38.1 Å². The molecule has 0 saturated carbocycles. The van der Waals surface area contributed by atoms with Crippen LogP contribution in [0.5, 0.6) is 0 Å². The van der Waals surface area contributed by atoms with Crippen molar-refractivity contribution in [3.8, 4) is 0 Å². The number of carbonyl (C=O) groups excluding carboxylic acids is 1. The molecule has 0 aromatic heterocycles. The maximum Gasteiger partial charge on any atom is 0.416 e. The highest BCUT2D eigenvalue weighted by atomic mass is 19.4. The minimum atomic E-state index is -4.91. The van der Waals surface area contributed by atoms with Gasteiger partial charge in [-0.1, -0.05) is 12.1 Å². The third kappa shape index (κ3) is 4.27. The molecule has 0 saturated heterocycles. The fraction of sp³-hybridized carbons (Fsp3) is 0.111. The van der Waals surface area contributed by atoms with Crippen molar-refractivity contribution >= 4 is 28.8 Å². The minimum absolute atomic E-state index is 0.107. The van der Waals surface area contributed by atoms with E-state index in [1.54, 1.807) is 24.4 Å². The molecule has 2 aromatic rings. The van der Waals surface area contributed by atoms with E-state index in [0.717, 1.165) is 11.1 Å². The van der Waals surface area contributed by atoms with Crippen molar-refractivity contribution in [3.05, 3.63) is 65.4 Å². The third-order valence-corrected chi connectivity index (χ3v) is 3.86. The van der Waals surface area contributed by atoms with Gasteiger partial charge in [-0.15, -0.1) is 0 Å². The Morgan fingerprint density at radius 2 is 1.75 bits per heavy atom. The van der Waals surface area contributed by atoms with Crippen LogP contribution in [0.15, 0.2) is 47.6 Å². The minimum Gasteiger partial charge on any atom is -0.387 e. The van der Waals surface area contributed by atoms with E-state index in [1.807, 2.05) is 5.32 Å². The first-order valence-electron chi connectivity index (χ1n) is 7.89. The number of nitrogens with two attached hydrogens (primary N) is 1. The molecule has 10 heteroatoms. The summed E-state index contributed by atoms with van der Waals surface area (Å²) in [6.07, 6.45) is -2.88. The van der Waals surface area contributed by atoms with E-state index in [2.05, 4.69) is 10.3 Å². The molecule has 1 aliphatic heterocycles. The van der Waals surface area contributed by atoms with Gasteiger partial charge in [-0.2, -0.15) is 13.2 Å². The van der Waals surface area contributed by atoms with Crippen LogP contribution in [0.25, 0.3) is 5.57 Å². The molecule has 1 aliphatic rings. The van der Waals surface area contributed by atoms with Crippen LogP contribution in [-0.2, 0) is 6.18 Å². The van der Waals surface area contributed by atoms with Crippen LogP contribution in [0.1, 0.15) is 17.5 Å². The van der Waals surface area contributed by atoms with Gasteiger partial charge in [0.25, 0.3) is 0 Å². The van der Waals surface area contributed by atoms with Gasteiger partial charge in [-0.3, -0.25) is 0 Å².